The standard InChI is InChI=1S/C18H16ClN3O6/c1-11-3-2-4-13(7-11)21-16(23)10-28-17(24)9-20-18(25)12-5-6-14(19)15(8-12)22(26)27/h2-8H,9-10H2,1H3,(H,20,25)(H,21,23). The molecule has 0 spiro atoms. The maximum atomic E-state index is 12.0. The summed E-state index contributed by atoms with van der Waals surface area (Å²) in [6, 6.07) is 10.6. The Morgan fingerprint density at radius 3 is 2.61 bits per heavy atom. The van der Waals surface area contributed by atoms with Crippen LogP contribution < -0.4 is 10.6 Å². The lowest BCUT2D eigenvalue weighted by Crippen LogP contribution is -2.32. The van der Waals surface area contributed by atoms with Gasteiger partial charge in [-0.1, -0.05) is 23.7 Å². The van der Waals surface area contributed by atoms with Crippen molar-refractivity contribution in [2.45, 2.75) is 6.92 Å². The highest BCUT2D eigenvalue weighted by Gasteiger charge is 2.17. The number of amides is 2. The fourth-order valence-corrected chi connectivity index (χ4v) is 2.35. The normalized spacial score (nSPS) is 10.1. The second-order valence-electron chi connectivity index (χ2n) is 5.68. The first-order valence-electron chi connectivity index (χ1n) is 8.00. The summed E-state index contributed by atoms with van der Waals surface area (Å²) in [6.45, 7) is 0.843. The summed E-state index contributed by atoms with van der Waals surface area (Å²) in [6.07, 6.45) is 0. The van der Waals surface area contributed by atoms with Crippen LogP contribution in [0.1, 0.15) is 15.9 Å². The highest BCUT2D eigenvalue weighted by molar-refractivity contribution is 6.32. The Morgan fingerprint density at radius 1 is 1.18 bits per heavy atom. The van der Waals surface area contributed by atoms with E-state index in [9.17, 15) is 24.5 Å². The van der Waals surface area contributed by atoms with Crippen LogP contribution in [0.15, 0.2) is 42.5 Å². The summed E-state index contributed by atoms with van der Waals surface area (Å²) in [7, 11) is 0. The van der Waals surface area contributed by atoms with Crippen molar-refractivity contribution in [3.63, 3.8) is 0 Å². The van der Waals surface area contributed by atoms with E-state index < -0.39 is 41.5 Å². The fourth-order valence-electron chi connectivity index (χ4n) is 2.17. The second kappa shape index (κ2) is 9.47. The predicted octanol–water partition coefficient (Wildman–Crippen LogP) is 2.47. The molecule has 0 bridgehead atoms. The van der Waals surface area contributed by atoms with E-state index in [0.717, 1.165) is 11.6 Å². The Balaban J connectivity index is 1.80. The molecule has 0 radical (unpaired) electrons. The van der Waals surface area contributed by atoms with E-state index in [4.69, 9.17) is 16.3 Å². The largest absolute Gasteiger partial charge is 0.454 e. The van der Waals surface area contributed by atoms with Crippen LogP contribution >= 0.6 is 11.6 Å². The zero-order valence-electron chi connectivity index (χ0n) is 14.7. The van der Waals surface area contributed by atoms with Gasteiger partial charge in [0, 0.05) is 17.3 Å². The maximum Gasteiger partial charge on any atom is 0.325 e. The average Bonchev–Trinajstić information content (AvgIpc) is 2.64. The van der Waals surface area contributed by atoms with Crippen LogP contribution in [0.2, 0.25) is 5.02 Å². The van der Waals surface area contributed by atoms with Gasteiger partial charge < -0.3 is 15.4 Å². The third-order valence-electron chi connectivity index (χ3n) is 3.46. The molecule has 2 aromatic carbocycles. The molecule has 2 N–H and O–H groups in total. The van der Waals surface area contributed by atoms with Crippen molar-refractivity contribution in [1.29, 1.82) is 0 Å². The lowest BCUT2D eigenvalue weighted by molar-refractivity contribution is -0.384. The number of nitrogens with one attached hydrogen (secondary N) is 2. The number of carbonyl (C=O) groups excluding carboxylic acids is 3. The molecule has 0 saturated carbocycles. The SMILES string of the molecule is Cc1cccc(NC(=O)COC(=O)CNC(=O)c2ccc(Cl)c([N+](=O)[O-])c2)c1. The summed E-state index contributed by atoms with van der Waals surface area (Å²) in [5, 5.41) is 15.6. The molecule has 0 fully saturated rings. The van der Waals surface area contributed by atoms with Crippen LogP contribution in [0.25, 0.3) is 0 Å². The summed E-state index contributed by atoms with van der Waals surface area (Å²) >= 11 is 5.68. The lowest BCUT2D eigenvalue weighted by atomic mass is 10.2. The number of benzene rings is 2. The number of aryl methyl sites for hydroxylation is 1. The molecule has 9 nitrogen and oxygen atoms in total. The van der Waals surface area contributed by atoms with Crippen molar-refractivity contribution < 1.29 is 24.0 Å². The number of hydrogen-bond acceptors (Lipinski definition) is 6. The van der Waals surface area contributed by atoms with Gasteiger partial charge in [0.05, 0.1) is 4.92 Å². The van der Waals surface area contributed by atoms with E-state index in [2.05, 4.69) is 10.6 Å². The van der Waals surface area contributed by atoms with Crippen molar-refractivity contribution >= 4 is 40.8 Å². The molecule has 28 heavy (non-hydrogen) atoms. The Kier molecular flexibility index (Phi) is 7.05. The van der Waals surface area contributed by atoms with Crippen LogP contribution in [-0.2, 0) is 14.3 Å². The van der Waals surface area contributed by atoms with Gasteiger partial charge in [0.25, 0.3) is 17.5 Å². The van der Waals surface area contributed by atoms with Crippen molar-refractivity contribution in [2.24, 2.45) is 0 Å². The summed E-state index contributed by atoms with van der Waals surface area (Å²) < 4.78 is 4.78. The van der Waals surface area contributed by atoms with Gasteiger partial charge in [-0.2, -0.15) is 0 Å². The molecule has 0 aliphatic heterocycles. The molecule has 146 valence electrons. The van der Waals surface area contributed by atoms with Crippen LogP contribution in [-0.4, -0.2) is 35.9 Å². The Morgan fingerprint density at radius 2 is 1.93 bits per heavy atom. The lowest BCUT2D eigenvalue weighted by Gasteiger charge is -2.08. The first-order chi connectivity index (χ1) is 13.3. The van der Waals surface area contributed by atoms with Gasteiger partial charge in [-0.05, 0) is 36.8 Å². The van der Waals surface area contributed by atoms with E-state index in [1.165, 1.54) is 12.1 Å². The minimum absolute atomic E-state index is 0.0407. The smallest absolute Gasteiger partial charge is 0.325 e. The summed E-state index contributed by atoms with van der Waals surface area (Å²) in [5.74, 6) is -2.09. The first kappa shape index (κ1) is 20.8. The van der Waals surface area contributed by atoms with Crippen LogP contribution in [0.5, 0.6) is 0 Å². The number of carbonyl (C=O) groups is 3. The van der Waals surface area contributed by atoms with Crippen molar-refractivity contribution in [3.8, 4) is 0 Å². The number of nitro benzene ring substituents is 1. The molecule has 0 heterocycles. The minimum atomic E-state index is -0.837. The molecule has 2 amide bonds. The topological polar surface area (TPSA) is 128 Å². The van der Waals surface area contributed by atoms with E-state index in [1.54, 1.807) is 18.2 Å². The van der Waals surface area contributed by atoms with Gasteiger partial charge in [-0.3, -0.25) is 24.5 Å². The molecule has 2 aromatic rings. The quantitative estimate of drug-likeness (QED) is 0.413. The van der Waals surface area contributed by atoms with E-state index in [0.29, 0.717) is 5.69 Å². The van der Waals surface area contributed by atoms with Crippen molar-refractivity contribution in [2.75, 3.05) is 18.5 Å². The third-order valence-corrected chi connectivity index (χ3v) is 3.78. The zero-order chi connectivity index (χ0) is 20.7. The van der Waals surface area contributed by atoms with Crippen molar-refractivity contribution in [3.05, 3.63) is 68.7 Å². The van der Waals surface area contributed by atoms with Gasteiger partial charge in [-0.15, -0.1) is 0 Å². The molecule has 0 saturated heterocycles. The van der Waals surface area contributed by atoms with Crippen LogP contribution in [0.3, 0.4) is 0 Å². The van der Waals surface area contributed by atoms with Crippen LogP contribution in [0, 0.1) is 17.0 Å². The number of esters is 1. The number of halogens is 1. The monoisotopic (exact) mass is 405 g/mol. The minimum Gasteiger partial charge on any atom is -0.454 e. The molecule has 0 aromatic heterocycles. The van der Waals surface area contributed by atoms with E-state index in [-0.39, 0.29) is 10.6 Å². The molecule has 0 aliphatic carbocycles. The highest BCUT2D eigenvalue weighted by atomic mass is 35.5. The molecule has 2 rings (SSSR count). The van der Waals surface area contributed by atoms with Gasteiger partial charge in [0.2, 0.25) is 0 Å². The first-order valence-corrected chi connectivity index (χ1v) is 8.38. The highest BCUT2D eigenvalue weighted by Crippen LogP contribution is 2.24. The van der Waals surface area contributed by atoms with Crippen molar-refractivity contribution in [1.82, 2.24) is 5.32 Å². The third kappa shape index (κ3) is 6.06. The van der Waals surface area contributed by atoms with Gasteiger partial charge in [0.1, 0.15) is 11.6 Å². The molecular weight excluding hydrogens is 390 g/mol. The number of rotatable bonds is 7. The maximum absolute atomic E-state index is 12.0. The number of ether oxygens (including phenoxy) is 1. The summed E-state index contributed by atoms with van der Waals surface area (Å²) in [4.78, 5) is 45.5. The van der Waals surface area contributed by atoms with Crippen LogP contribution in [0.4, 0.5) is 11.4 Å². The van der Waals surface area contributed by atoms with Gasteiger partial charge >= 0.3 is 5.97 Å². The average molecular weight is 406 g/mol. The Bertz CT molecular complexity index is 931. The predicted molar refractivity (Wildman–Crippen MR) is 101 cm³/mol. The number of anilines is 1. The fraction of sp³-hybridized carbons (Fsp3) is 0.167. The molecule has 0 atom stereocenters. The number of hydrogen-bond donors (Lipinski definition) is 2. The number of nitrogens with zero attached hydrogens (tertiary/aromatic N) is 1. The Hall–Kier alpha value is -3.46. The zero-order valence-corrected chi connectivity index (χ0v) is 15.5. The number of nitro groups is 1. The van der Waals surface area contributed by atoms with E-state index >= 15 is 0 Å². The summed E-state index contributed by atoms with van der Waals surface area (Å²) in [5.41, 5.74) is 1.06. The molecule has 0 unspecified atom stereocenters. The molecule has 0 aliphatic rings. The molecule has 10 heteroatoms. The van der Waals surface area contributed by atoms with Gasteiger partial charge in [-0.25, -0.2) is 0 Å². The molecular formula is C18H16ClN3O6. The van der Waals surface area contributed by atoms with E-state index in [1.807, 2.05) is 13.0 Å². The van der Waals surface area contributed by atoms with Gasteiger partial charge in [0.15, 0.2) is 6.61 Å². The Labute approximate surface area is 164 Å². The second-order valence-corrected chi connectivity index (χ2v) is 6.09.